The second-order valence-corrected chi connectivity index (χ2v) is 4.82. The Morgan fingerprint density at radius 3 is 2.35 bits per heavy atom. The second-order valence-electron chi connectivity index (χ2n) is 4.82. The number of ether oxygens (including phenoxy) is 3. The summed E-state index contributed by atoms with van der Waals surface area (Å²) >= 11 is 0. The smallest absolute Gasteiger partial charge is 0.338 e. The van der Waals surface area contributed by atoms with E-state index >= 15 is 0 Å². The number of rotatable bonds is 6. The number of aliphatic hydroxyl groups excluding tert-OH is 1. The average molecular weight is 316 g/mol. The number of hydrogen-bond donors (Lipinski definition) is 1. The van der Waals surface area contributed by atoms with Crippen LogP contribution in [-0.2, 0) is 4.74 Å². The maximum atomic E-state index is 11.8. The van der Waals surface area contributed by atoms with Crippen molar-refractivity contribution in [2.24, 2.45) is 0 Å². The van der Waals surface area contributed by atoms with Crippen molar-refractivity contribution >= 4 is 5.97 Å². The highest BCUT2D eigenvalue weighted by Gasteiger charge is 2.20. The van der Waals surface area contributed by atoms with Crippen LogP contribution in [0.1, 0.15) is 34.5 Å². The number of hydrogen-bond acceptors (Lipinski definition) is 5. The maximum absolute atomic E-state index is 11.8. The SMILES string of the molecule is CCOC(=O)c1ccc(C(O)c2ccccc2OC)c(OC)c1. The fourth-order valence-corrected chi connectivity index (χ4v) is 2.34. The molecule has 122 valence electrons. The number of carbonyl (C=O) groups is 1. The highest BCUT2D eigenvalue weighted by atomic mass is 16.5. The van der Waals surface area contributed by atoms with Gasteiger partial charge in [0.05, 0.1) is 26.4 Å². The molecule has 0 saturated heterocycles. The summed E-state index contributed by atoms with van der Waals surface area (Å²) in [5, 5.41) is 10.7. The zero-order chi connectivity index (χ0) is 16.8. The van der Waals surface area contributed by atoms with Gasteiger partial charge >= 0.3 is 5.97 Å². The van der Waals surface area contributed by atoms with Crippen molar-refractivity contribution in [1.29, 1.82) is 0 Å². The number of esters is 1. The van der Waals surface area contributed by atoms with Crippen LogP contribution in [0, 0.1) is 0 Å². The zero-order valence-electron chi connectivity index (χ0n) is 13.4. The molecule has 5 heteroatoms. The summed E-state index contributed by atoms with van der Waals surface area (Å²) in [4.78, 5) is 11.8. The van der Waals surface area contributed by atoms with Crippen LogP contribution >= 0.6 is 0 Å². The van der Waals surface area contributed by atoms with E-state index in [4.69, 9.17) is 14.2 Å². The Kier molecular flexibility index (Phi) is 5.60. The summed E-state index contributed by atoms with van der Waals surface area (Å²) in [6.07, 6.45) is -0.933. The predicted molar refractivity (Wildman–Crippen MR) is 86.0 cm³/mol. The molecule has 2 rings (SSSR count). The van der Waals surface area contributed by atoms with Gasteiger partial charge in [-0.25, -0.2) is 4.79 Å². The first-order valence-corrected chi connectivity index (χ1v) is 7.28. The summed E-state index contributed by atoms with van der Waals surface area (Å²) < 4.78 is 15.6. The van der Waals surface area contributed by atoms with Gasteiger partial charge in [-0.1, -0.05) is 24.3 Å². The molecular formula is C18H20O5. The van der Waals surface area contributed by atoms with Crippen LogP contribution in [0.5, 0.6) is 11.5 Å². The second kappa shape index (κ2) is 7.65. The van der Waals surface area contributed by atoms with Gasteiger partial charge in [-0.15, -0.1) is 0 Å². The fourth-order valence-electron chi connectivity index (χ4n) is 2.34. The van der Waals surface area contributed by atoms with E-state index in [0.717, 1.165) is 0 Å². The minimum absolute atomic E-state index is 0.298. The Bertz CT molecular complexity index is 681. The van der Waals surface area contributed by atoms with Crippen molar-refractivity contribution in [3.63, 3.8) is 0 Å². The van der Waals surface area contributed by atoms with E-state index in [1.807, 2.05) is 12.1 Å². The van der Waals surface area contributed by atoms with Crippen molar-refractivity contribution < 1.29 is 24.1 Å². The molecule has 1 unspecified atom stereocenters. The Morgan fingerprint density at radius 1 is 1.04 bits per heavy atom. The van der Waals surface area contributed by atoms with Gasteiger partial charge in [0.2, 0.25) is 0 Å². The molecule has 0 amide bonds. The normalized spacial score (nSPS) is 11.7. The van der Waals surface area contributed by atoms with Crippen LogP contribution in [0.4, 0.5) is 0 Å². The monoisotopic (exact) mass is 316 g/mol. The third kappa shape index (κ3) is 3.63. The van der Waals surface area contributed by atoms with E-state index < -0.39 is 12.1 Å². The topological polar surface area (TPSA) is 65.0 Å². The number of methoxy groups -OCH3 is 2. The van der Waals surface area contributed by atoms with Crippen molar-refractivity contribution in [2.45, 2.75) is 13.0 Å². The van der Waals surface area contributed by atoms with E-state index in [0.29, 0.717) is 34.8 Å². The first kappa shape index (κ1) is 16.8. The predicted octanol–water partition coefficient (Wildman–Crippen LogP) is 2.96. The van der Waals surface area contributed by atoms with Crippen molar-refractivity contribution in [3.05, 3.63) is 59.2 Å². The van der Waals surface area contributed by atoms with Crippen LogP contribution in [0.25, 0.3) is 0 Å². The van der Waals surface area contributed by atoms with E-state index in [2.05, 4.69) is 0 Å². The summed E-state index contributed by atoms with van der Waals surface area (Å²) in [6, 6.07) is 12.0. The number of carbonyl (C=O) groups excluding carboxylic acids is 1. The molecular weight excluding hydrogens is 296 g/mol. The van der Waals surface area contributed by atoms with Gasteiger partial charge < -0.3 is 19.3 Å². The summed E-state index contributed by atoms with van der Waals surface area (Å²) in [6.45, 7) is 2.04. The quantitative estimate of drug-likeness (QED) is 0.830. The lowest BCUT2D eigenvalue weighted by Gasteiger charge is -2.18. The Hall–Kier alpha value is -2.53. The molecule has 23 heavy (non-hydrogen) atoms. The molecule has 0 heterocycles. The Balaban J connectivity index is 2.40. The number of benzene rings is 2. The fraction of sp³-hybridized carbons (Fsp3) is 0.278. The van der Waals surface area contributed by atoms with Crippen molar-refractivity contribution in [1.82, 2.24) is 0 Å². The molecule has 0 saturated carbocycles. The van der Waals surface area contributed by atoms with Crippen LogP contribution in [0.3, 0.4) is 0 Å². The van der Waals surface area contributed by atoms with Gasteiger partial charge in [-0.3, -0.25) is 0 Å². The first-order chi connectivity index (χ1) is 11.1. The van der Waals surface area contributed by atoms with Gasteiger partial charge in [-0.2, -0.15) is 0 Å². The van der Waals surface area contributed by atoms with E-state index in [1.54, 1.807) is 44.4 Å². The molecule has 2 aromatic carbocycles. The molecule has 0 spiro atoms. The van der Waals surface area contributed by atoms with Gasteiger partial charge in [0.15, 0.2) is 0 Å². The maximum Gasteiger partial charge on any atom is 0.338 e. The lowest BCUT2D eigenvalue weighted by Crippen LogP contribution is -2.08. The van der Waals surface area contributed by atoms with E-state index in [1.165, 1.54) is 7.11 Å². The van der Waals surface area contributed by atoms with E-state index in [-0.39, 0.29) is 0 Å². The number of para-hydroxylation sites is 1. The summed E-state index contributed by atoms with van der Waals surface area (Å²) in [5.74, 6) is 0.564. The minimum atomic E-state index is -0.933. The Labute approximate surface area is 135 Å². The molecule has 0 fully saturated rings. The molecule has 5 nitrogen and oxygen atoms in total. The largest absolute Gasteiger partial charge is 0.496 e. The third-order valence-corrected chi connectivity index (χ3v) is 3.47. The third-order valence-electron chi connectivity index (χ3n) is 3.47. The zero-order valence-corrected chi connectivity index (χ0v) is 13.4. The van der Waals surface area contributed by atoms with E-state index in [9.17, 15) is 9.90 Å². The molecule has 0 radical (unpaired) electrons. The summed E-state index contributed by atoms with van der Waals surface area (Å²) in [7, 11) is 3.04. The molecule has 1 atom stereocenters. The highest BCUT2D eigenvalue weighted by molar-refractivity contribution is 5.90. The minimum Gasteiger partial charge on any atom is -0.496 e. The average Bonchev–Trinajstić information content (AvgIpc) is 2.60. The highest BCUT2D eigenvalue weighted by Crippen LogP contribution is 2.35. The molecule has 2 aromatic rings. The van der Waals surface area contributed by atoms with Crippen LogP contribution in [-0.4, -0.2) is 31.9 Å². The molecule has 0 bridgehead atoms. The lowest BCUT2D eigenvalue weighted by molar-refractivity contribution is 0.0525. The molecule has 0 aliphatic heterocycles. The van der Waals surface area contributed by atoms with Crippen LogP contribution < -0.4 is 9.47 Å². The molecule has 0 aromatic heterocycles. The first-order valence-electron chi connectivity index (χ1n) is 7.28. The van der Waals surface area contributed by atoms with Gasteiger partial charge in [0.25, 0.3) is 0 Å². The Morgan fingerprint density at radius 2 is 1.70 bits per heavy atom. The summed E-state index contributed by atoms with van der Waals surface area (Å²) in [5.41, 5.74) is 1.54. The van der Waals surface area contributed by atoms with Crippen LogP contribution in [0.2, 0.25) is 0 Å². The van der Waals surface area contributed by atoms with Crippen molar-refractivity contribution in [3.8, 4) is 11.5 Å². The van der Waals surface area contributed by atoms with Crippen molar-refractivity contribution in [2.75, 3.05) is 20.8 Å². The van der Waals surface area contributed by atoms with Gasteiger partial charge in [-0.05, 0) is 25.1 Å². The van der Waals surface area contributed by atoms with Gasteiger partial charge in [0, 0.05) is 11.1 Å². The molecule has 0 aliphatic carbocycles. The number of aliphatic hydroxyl groups is 1. The standard InChI is InChI=1S/C18H20O5/c1-4-23-18(20)12-9-10-14(16(11-12)22-3)17(19)13-7-5-6-8-15(13)21-2/h5-11,17,19H,4H2,1-3H3. The molecule has 1 N–H and O–H groups in total. The van der Waals surface area contributed by atoms with Gasteiger partial charge in [0.1, 0.15) is 17.6 Å². The molecule has 0 aliphatic rings. The van der Waals surface area contributed by atoms with Crippen LogP contribution in [0.15, 0.2) is 42.5 Å². The lowest BCUT2D eigenvalue weighted by atomic mass is 9.98.